The second-order valence-corrected chi connectivity index (χ2v) is 7.61. The monoisotopic (exact) mass is 378 g/mol. The maximum absolute atomic E-state index is 13.1. The topological polar surface area (TPSA) is 56.8 Å². The number of amides is 2. The Hall–Kier alpha value is -2.89. The molecule has 1 aromatic carbocycles. The summed E-state index contributed by atoms with van der Waals surface area (Å²) in [4.78, 5) is 35.9. The summed E-state index contributed by atoms with van der Waals surface area (Å²) in [5.74, 6) is 0.924. The molecule has 28 heavy (non-hydrogen) atoms. The van der Waals surface area contributed by atoms with Gasteiger partial charge in [-0.25, -0.2) is 4.98 Å². The molecule has 6 heteroatoms. The number of rotatable bonds is 3. The summed E-state index contributed by atoms with van der Waals surface area (Å²) in [6.07, 6.45) is 3.61. The van der Waals surface area contributed by atoms with E-state index in [4.69, 9.17) is 0 Å². The number of piperidine rings is 1. The predicted molar refractivity (Wildman–Crippen MR) is 109 cm³/mol. The van der Waals surface area contributed by atoms with Gasteiger partial charge in [0.2, 0.25) is 11.8 Å². The number of carbonyl (C=O) groups excluding carboxylic acids is 2. The minimum Gasteiger partial charge on any atom is -0.356 e. The standard InChI is InChI=1S/C22H26N4O2/c1-17-7-9-19(10-8-17)26-14-13-25(16-21(26)27)22(28)18-5-4-12-24(15-18)20-6-2-3-11-23-20/h2-3,6-11,18H,4-5,12-16H2,1H3. The Bertz CT molecular complexity index is 837. The molecule has 2 saturated heterocycles. The van der Waals surface area contributed by atoms with E-state index >= 15 is 0 Å². The Labute approximate surface area is 165 Å². The zero-order valence-corrected chi connectivity index (χ0v) is 16.3. The maximum Gasteiger partial charge on any atom is 0.246 e. The smallest absolute Gasteiger partial charge is 0.246 e. The molecule has 2 aliphatic heterocycles. The van der Waals surface area contributed by atoms with Gasteiger partial charge in [0.05, 0.1) is 5.92 Å². The van der Waals surface area contributed by atoms with Crippen molar-refractivity contribution in [1.82, 2.24) is 9.88 Å². The number of piperazine rings is 1. The fourth-order valence-corrected chi connectivity index (χ4v) is 4.04. The lowest BCUT2D eigenvalue weighted by Gasteiger charge is -2.39. The van der Waals surface area contributed by atoms with Crippen molar-refractivity contribution in [3.05, 3.63) is 54.2 Å². The minimum atomic E-state index is -0.0746. The number of hydrogen-bond acceptors (Lipinski definition) is 4. The quantitative estimate of drug-likeness (QED) is 0.823. The summed E-state index contributed by atoms with van der Waals surface area (Å²) in [5.41, 5.74) is 2.07. The van der Waals surface area contributed by atoms with Gasteiger partial charge in [0.25, 0.3) is 0 Å². The minimum absolute atomic E-state index is 0.0131. The van der Waals surface area contributed by atoms with Gasteiger partial charge >= 0.3 is 0 Å². The Kier molecular flexibility index (Phi) is 5.28. The fourth-order valence-electron chi connectivity index (χ4n) is 4.04. The van der Waals surface area contributed by atoms with Gasteiger partial charge in [0.15, 0.2) is 0 Å². The van der Waals surface area contributed by atoms with Crippen molar-refractivity contribution in [2.24, 2.45) is 5.92 Å². The first-order valence-corrected chi connectivity index (χ1v) is 9.93. The van der Waals surface area contributed by atoms with Gasteiger partial charge in [-0.15, -0.1) is 0 Å². The van der Waals surface area contributed by atoms with Crippen LogP contribution >= 0.6 is 0 Å². The Morgan fingerprint density at radius 2 is 1.89 bits per heavy atom. The zero-order valence-electron chi connectivity index (χ0n) is 16.3. The van der Waals surface area contributed by atoms with Crippen molar-refractivity contribution >= 4 is 23.3 Å². The number of benzene rings is 1. The molecule has 1 aromatic heterocycles. The van der Waals surface area contributed by atoms with Crippen LogP contribution in [0.25, 0.3) is 0 Å². The van der Waals surface area contributed by atoms with Crippen molar-refractivity contribution in [1.29, 1.82) is 0 Å². The molecule has 1 unspecified atom stereocenters. The van der Waals surface area contributed by atoms with Gasteiger partial charge in [-0.1, -0.05) is 23.8 Å². The molecule has 0 spiro atoms. The molecule has 2 aliphatic rings. The predicted octanol–water partition coefficient (Wildman–Crippen LogP) is 2.48. The SMILES string of the molecule is Cc1ccc(N2CCN(C(=O)C3CCCN(c4ccccn4)C3)CC2=O)cc1. The Morgan fingerprint density at radius 1 is 1.07 bits per heavy atom. The molecule has 0 N–H and O–H groups in total. The number of aromatic nitrogens is 1. The average Bonchev–Trinajstić information content (AvgIpc) is 2.75. The van der Waals surface area contributed by atoms with E-state index in [-0.39, 0.29) is 24.3 Å². The van der Waals surface area contributed by atoms with Gasteiger partial charge in [-0.05, 0) is 44.0 Å². The van der Waals surface area contributed by atoms with Crippen molar-refractivity contribution in [3.63, 3.8) is 0 Å². The van der Waals surface area contributed by atoms with E-state index in [0.29, 0.717) is 19.6 Å². The average molecular weight is 378 g/mol. The highest BCUT2D eigenvalue weighted by atomic mass is 16.2. The summed E-state index contributed by atoms with van der Waals surface area (Å²) in [6.45, 7) is 4.90. The number of carbonyl (C=O) groups is 2. The third-order valence-electron chi connectivity index (χ3n) is 5.62. The lowest BCUT2D eigenvalue weighted by molar-refractivity contribution is -0.140. The molecule has 146 valence electrons. The van der Waals surface area contributed by atoms with E-state index in [1.54, 1.807) is 16.0 Å². The van der Waals surface area contributed by atoms with Crippen LogP contribution in [0.5, 0.6) is 0 Å². The van der Waals surface area contributed by atoms with Crippen LogP contribution in [0.2, 0.25) is 0 Å². The number of pyridine rings is 1. The highest BCUT2D eigenvalue weighted by Crippen LogP contribution is 2.24. The molecule has 0 saturated carbocycles. The molecule has 2 aromatic rings. The van der Waals surface area contributed by atoms with Crippen LogP contribution < -0.4 is 9.80 Å². The van der Waals surface area contributed by atoms with Crippen LogP contribution in [0.1, 0.15) is 18.4 Å². The second kappa shape index (κ2) is 8.00. The molecule has 0 aliphatic carbocycles. The van der Waals surface area contributed by atoms with Crippen molar-refractivity contribution in [2.45, 2.75) is 19.8 Å². The maximum atomic E-state index is 13.1. The van der Waals surface area contributed by atoms with Crippen molar-refractivity contribution < 1.29 is 9.59 Å². The normalized spacial score (nSPS) is 20.4. The molecule has 3 heterocycles. The first kappa shape index (κ1) is 18.5. The molecule has 4 rings (SSSR count). The van der Waals surface area contributed by atoms with Crippen molar-refractivity contribution in [3.8, 4) is 0 Å². The number of anilines is 2. The second-order valence-electron chi connectivity index (χ2n) is 7.61. The molecule has 2 fully saturated rings. The summed E-state index contributed by atoms with van der Waals surface area (Å²) in [7, 11) is 0. The third kappa shape index (κ3) is 3.86. The largest absolute Gasteiger partial charge is 0.356 e. The molecule has 6 nitrogen and oxygen atoms in total. The van der Waals surface area contributed by atoms with Crippen LogP contribution in [0.4, 0.5) is 11.5 Å². The first-order valence-electron chi connectivity index (χ1n) is 9.93. The third-order valence-corrected chi connectivity index (χ3v) is 5.62. The van der Waals surface area contributed by atoms with Crippen LogP contribution in [0.15, 0.2) is 48.7 Å². The summed E-state index contributed by atoms with van der Waals surface area (Å²) in [5, 5.41) is 0. The zero-order chi connectivity index (χ0) is 19.5. The van der Waals surface area contributed by atoms with E-state index in [9.17, 15) is 9.59 Å². The molecule has 0 radical (unpaired) electrons. The lowest BCUT2D eigenvalue weighted by Crippen LogP contribution is -2.55. The number of nitrogens with zero attached hydrogens (tertiary/aromatic N) is 4. The fraction of sp³-hybridized carbons (Fsp3) is 0.409. The number of hydrogen-bond donors (Lipinski definition) is 0. The van der Waals surface area contributed by atoms with Crippen LogP contribution in [-0.2, 0) is 9.59 Å². The van der Waals surface area contributed by atoms with Gasteiger partial charge in [0.1, 0.15) is 12.4 Å². The molecular weight excluding hydrogens is 352 g/mol. The first-order chi connectivity index (χ1) is 13.6. The molecular formula is C22H26N4O2. The van der Waals surface area contributed by atoms with Gasteiger partial charge < -0.3 is 14.7 Å². The van der Waals surface area contributed by atoms with Crippen LogP contribution in [0.3, 0.4) is 0 Å². The summed E-state index contributed by atoms with van der Waals surface area (Å²) >= 11 is 0. The highest BCUT2D eigenvalue weighted by Gasteiger charge is 2.34. The Morgan fingerprint density at radius 3 is 2.61 bits per heavy atom. The van der Waals surface area contributed by atoms with Gasteiger partial charge in [-0.3, -0.25) is 9.59 Å². The summed E-state index contributed by atoms with van der Waals surface area (Å²) in [6, 6.07) is 13.8. The molecule has 1 atom stereocenters. The highest BCUT2D eigenvalue weighted by molar-refractivity contribution is 5.98. The van der Waals surface area contributed by atoms with Crippen LogP contribution in [0, 0.1) is 12.8 Å². The van der Waals surface area contributed by atoms with Crippen molar-refractivity contribution in [2.75, 3.05) is 42.5 Å². The van der Waals surface area contributed by atoms with E-state index in [0.717, 1.165) is 30.9 Å². The van der Waals surface area contributed by atoms with Gasteiger partial charge in [0, 0.05) is 38.1 Å². The summed E-state index contributed by atoms with van der Waals surface area (Å²) < 4.78 is 0. The molecule has 0 bridgehead atoms. The van der Waals surface area contributed by atoms with E-state index in [1.165, 1.54) is 5.56 Å². The Balaban J connectivity index is 1.39. The number of aryl methyl sites for hydroxylation is 1. The van der Waals surface area contributed by atoms with E-state index < -0.39 is 0 Å². The van der Waals surface area contributed by atoms with Crippen LogP contribution in [-0.4, -0.2) is 54.4 Å². The molecule has 2 amide bonds. The lowest BCUT2D eigenvalue weighted by atomic mass is 9.96. The van der Waals surface area contributed by atoms with E-state index in [2.05, 4.69) is 9.88 Å². The van der Waals surface area contributed by atoms with Gasteiger partial charge in [-0.2, -0.15) is 0 Å². The van der Waals surface area contributed by atoms with E-state index in [1.807, 2.05) is 49.4 Å².